The Balaban J connectivity index is 2.03. The average Bonchev–Trinajstić information content (AvgIpc) is 2.94. The van der Waals surface area contributed by atoms with E-state index in [1.165, 1.54) is 0 Å². The van der Waals surface area contributed by atoms with Crippen LogP contribution in [0.15, 0.2) is 12.1 Å². The van der Waals surface area contributed by atoms with Crippen LogP contribution in [-0.4, -0.2) is 39.0 Å². The highest BCUT2D eigenvalue weighted by Crippen LogP contribution is 2.49. The van der Waals surface area contributed by atoms with E-state index < -0.39 is 0 Å². The summed E-state index contributed by atoms with van der Waals surface area (Å²) in [6.45, 7) is 7.01. The first-order valence-electron chi connectivity index (χ1n) is 8.07. The van der Waals surface area contributed by atoms with Gasteiger partial charge in [0.25, 0.3) is 0 Å². The van der Waals surface area contributed by atoms with Gasteiger partial charge in [-0.15, -0.1) is 0 Å². The number of rotatable bonds is 5. The lowest BCUT2D eigenvalue weighted by Gasteiger charge is -2.39. The molecule has 0 amide bonds. The van der Waals surface area contributed by atoms with Gasteiger partial charge in [-0.1, -0.05) is 0 Å². The van der Waals surface area contributed by atoms with E-state index >= 15 is 0 Å². The van der Waals surface area contributed by atoms with E-state index in [2.05, 4.69) is 5.32 Å². The molecule has 0 aromatic heterocycles. The molecule has 2 aliphatic heterocycles. The third-order valence-corrected chi connectivity index (χ3v) is 4.38. The Morgan fingerprint density at radius 3 is 2.73 bits per heavy atom. The zero-order valence-electron chi connectivity index (χ0n) is 13.6. The molecule has 0 radical (unpaired) electrons. The third-order valence-electron chi connectivity index (χ3n) is 4.38. The molecule has 0 saturated carbocycles. The van der Waals surface area contributed by atoms with E-state index in [1.54, 1.807) is 7.11 Å². The van der Waals surface area contributed by atoms with Crippen LogP contribution in [0, 0.1) is 0 Å². The largest absolute Gasteiger partial charge is 0.494 e. The fraction of sp³-hybridized carbons (Fsp3) is 0.647. The molecule has 3 rings (SSSR count). The minimum absolute atomic E-state index is 0.0131. The van der Waals surface area contributed by atoms with E-state index in [9.17, 15) is 0 Å². The molecular weight excluding hydrogens is 282 g/mol. The molecular formula is C17H25NO4. The quantitative estimate of drug-likeness (QED) is 0.906. The Labute approximate surface area is 131 Å². The van der Waals surface area contributed by atoms with Gasteiger partial charge in [-0.25, -0.2) is 0 Å². The number of hydrogen-bond acceptors (Lipinski definition) is 5. The fourth-order valence-electron chi connectivity index (χ4n) is 3.40. The van der Waals surface area contributed by atoms with Gasteiger partial charge in [0.2, 0.25) is 0 Å². The predicted octanol–water partition coefficient (Wildman–Crippen LogP) is 2.69. The highest BCUT2D eigenvalue weighted by molar-refractivity contribution is 5.53. The van der Waals surface area contributed by atoms with Gasteiger partial charge in [0, 0.05) is 38.6 Å². The normalized spacial score (nSPS) is 26.6. The van der Waals surface area contributed by atoms with E-state index in [4.69, 9.17) is 18.9 Å². The van der Waals surface area contributed by atoms with Gasteiger partial charge >= 0.3 is 0 Å². The Morgan fingerprint density at radius 1 is 1.27 bits per heavy atom. The Hall–Kier alpha value is -1.46. The molecule has 2 aliphatic rings. The molecule has 1 aromatic carbocycles. The van der Waals surface area contributed by atoms with Crippen LogP contribution in [0.2, 0.25) is 0 Å². The van der Waals surface area contributed by atoms with Gasteiger partial charge in [0.05, 0.1) is 24.9 Å². The van der Waals surface area contributed by atoms with Crippen LogP contribution in [0.25, 0.3) is 0 Å². The maximum absolute atomic E-state index is 6.38. The minimum atomic E-state index is -0.179. The van der Waals surface area contributed by atoms with Crippen molar-refractivity contribution < 1.29 is 18.9 Å². The molecule has 1 spiro atoms. The summed E-state index contributed by atoms with van der Waals surface area (Å²) in [5.41, 5.74) is 0.826. The Morgan fingerprint density at radius 2 is 2.09 bits per heavy atom. The third kappa shape index (κ3) is 2.75. The van der Waals surface area contributed by atoms with E-state index in [1.807, 2.05) is 26.0 Å². The lowest BCUT2D eigenvalue weighted by Crippen LogP contribution is -2.43. The van der Waals surface area contributed by atoms with E-state index in [0.717, 1.165) is 48.7 Å². The molecule has 5 heteroatoms. The van der Waals surface area contributed by atoms with Crippen molar-refractivity contribution in [1.29, 1.82) is 0 Å². The van der Waals surface area contributed by atoms with E-state index in [0.29, 0.717) is 13.2 Å². The maximum atomic E-state index is 6.38. The van der Waals surface area contributed by atoms with Crippen LogP contribution in [-0.2, 0) is 4.74 Å². The smallest absolute Gasteiger partial charge is 0.133 e. The number of nitrogens with one attached hydrogen (secondary N) is 1. The van der Waals surface area contributed by atoms with Crippen molar-refractivity contribution >= 4 is 0 Å². The molecule has 122 valence electrons. The first-order chi connectivity index (χ1) is 10.7. The van der Waals surface area contributed by atoms with Crippen molar-refractivity contribution in [3.8, 4) is 17.2 Å². The summed E-state index contributed by atoms with van der Waals surface area (Å²) < 4.78 is 23.6. The summed E-state index contributed by atoms with van der Waals surface area (Å²) >= 11 is 0. The minimum Gasteiger partial charge on any atom is -0.494 e. The summed E-state index contributed by atoms with van der Waals surface area (Å²) in [5, 5.41) is 3.39. The number of fused-ring (bicyclic) bond motifs is 1. The van der Waals surface area contributed by atoms with Crippen LogP contribution in [0.4, 0.5) is 0 Å². The van der Waals surface area contributed by atoms with Gasteiger partial charge < -0.3 is 24.3 Å². The topological polar surface area (TPSA) is 49.0 Å². The van der Waals surface area contributed by atoms with Crippen LogP contribution in [0.5, 0.6) is 17.2 Å². The Bertz CT molecular complexity index is 526. The average molecular weight is 307 g/mol. The zero-order valence-corrected chi connectivity index (χ0v) is 13.6. The molecule has 0 aliphatic carbocycles. The van der Waals surface area contributed by atoms with Gasteiger partial charge in [-0.2, -0.15) is 0 Å². The maximum Gasteiger partial charge on any atom is 0.133 e. The van der Waals surface area contributed by atoms with Gasteiger partial charge in [-0.05, 0) is 20.4 Å². The second kappa shape index (κ2) is 6.34. The molecule has 22 heavy (non-hydrogen) atoms. The number of hydrogen-bond donors (Lipinski definition) is 1. The molecule has 2 unspecified atom stereocenters. The predicted molar refractivity (Wildman–Crippen MR) is 84.0 cm³/mol. The summed E-state index contributed by atoms with van der Waals surface area (Å²) in [5.74, 6) is 2.41. The Kier molecular flexibility index (Phi) is 4.45. The molecule has 2 heterocycles. The first kappa shape index (κ1) is 15.4. The molecule has 1 saturated heterocycles. The molecule has 5 nitrogen and oxygen atoms in total. The molecule has 1 aromatic rings. The molecule has 1 N–H and O–H groups in total. The number of ether oxygens (including phenoxy) is 4. The van der Waals surface area contributed by atoms with Crippen molar-refractivity contribution in [3.05, 3.63) is 17.7 Å². The second-order valence-electron chi connectivity index (χ2n) is 5.84. The molecule has 0 bridgehead atoms. The van der Waals surface area contributed by atoms with Crippen LogP contribution >= 0.6 is 0 Å². The summed E-state index contributed by atoms with van der Waals surface area (Å²) in [6, 6.07) is 3.90. The van der Waals surface area contributed by atoms with Gasteiger partial charge in [0.15, 0.2) is 0 Å². The van der Waals surface area contributed by atoms with Gasteiger partial charge in [0.1, 0.15) is 22.8 Å². The van der Waals surface area contributed by atoms with Crippen LogP contribution in [0.1, 0.15) is 38.4 Å². The van der Waals surface area contributed by atoms with Crippen molar-refractivity contribution in [3.63, 3.8) is 0 Å². The highest BCUT2D eigenvalue weighted by atomic mass is 16.5. The number of benzene rings is 1. The standard InChI is InChI=1S/C17H25NO4/c1-4-20-12-8-13(21-5-2)16-14(9-12)22-17(6-7-18-11-17)10-15(16)19-3/h8-9,15,18H,4-7,10-11H2,1-3H3. The molecule has 1 fully saturated rings. The second-order valence-corrected chi connectivity index (χ2v) is 5.84. The lowest BCUT2D eigenvalue weighted by atomic mass is 9.87. The SMILES string of the molecule is CCOc1cc(OCC)c2c(c1)OC1(CCNC1)CC2OC. The summed E-state index contributed by atoms with van der Waals surface area (Å²) in [7, 11) is 1.75. The van der Waals surface area contributed by atoms with Crippen LogP contribution < -0.4 is 19.5 Å². The van der Waals surface area contributed by atoms with Gasteiger partial charge in [-0.3, -0.25) is 0 Å². The highest BCUT2D eigenvalue weighted by Gasteiger charge is 2.44. The van der Waals surface area contributed by atoms with Crippen molar-refractivity contribution in [2.45, 2.75) is 38.4 Å². The monoisotopic (exact) mass is 307 g/mol. The van der Waals surface area contributed by atoms with Crippen molar-refractivity contribution in [2.75, 3.05) is 33.4 Å². The van der Waals surface area contributed by atoms with Crippen LogP contribution in [0.3, 0.4) is 0 Å². The number of methoxy groups -OCH3 is 1. The fourth-order valence-corrected chi connectivity index (χ4v) is 3.40. The molecule has 2 atom stereocenters. The van der Waals surface area contributed by atoms with Crippen molar-refractivity contribution in [1.82, 2.24) is 5.32 Å². The van der Waals surface area contributed by atoms with E-state index in [-0.39, 0.29) is 11.7 Å². The first-order valence-corrected chi connectivity index (χ1v) is 8.07. The summed E-state index contributed by atoms with van der Waals surface area (Å²) in [4.78, 5) is 0. The lowest BCUT2D eigenvalue weighted by molar-refractivity contribution is -0.0220. The summed E-state index contributed by atoms with van der Waals surface area (Å²) in [6.07, 6.45) is 1.83. The zero-order chi connectivity index (χ0) is 15.6. The van der Waals surface area contributed by atoms with Crippen molar-refractivity contribution in [2.24, 2.45) is 0 Å².